The third-order valence-electron chi connectivity index (χ3n) is 5.88. The third kappa shape index (κ3) is 3.34. The lowest BCUT2D eigenvalue weighted by Crippen LogP contribution is -2.29. The molecule has 0 fully saturated rings. The van der Waals surface area contributed by atoms with Crippen LogP contribution < -0.4 is 14.4 Å². The summed E-state index contributed by atoms with van der Waals surface area (Å²) in [6.07, 6.45) is 4.43. The van der Waals surface area contributed by atoms with Crippen LogP contribution in [0.15, 0.2) is 66.4 Å². The topological polar surface area (TPSA) is 67.5 Å². The van der Waals surface area contributed by atoms with Crippen molar-refractivity contribution in [3.05, 3.63) is 83.2 Å². The van der Waals surface area contributed by atoms with Crippen LogP contribution >= 0.6 is 0 Å². The van der Waals surface area contributed by atoms with Crippen molar-refractivity contribution < 1.29 is 14.3 Å². The van der Waals surface area contributed by atoms with E-state index in [1.54, 1.807) is 11.0 Å². The molecule has 0 aliphatic carbocycles. The minimum absolute atomic E-state index is 0.0155. The minimum atomic E-state index is -0.268. The standard InChI is InChI=1S/C25H21N3O3/c1-17(19-8-9-23-24(14-19)31-16-30-23)27-11-4-6-21(27)13-20(15-26)25(29)28-12-10-18-5-2-3-7-22(18)28/h2-9,11,13-14,17H,10,12,16H2,1H3/b20-13+/t17-/m0/s1. The van der Waals surface area contributed by atoms with Gasteiger partial charge in [-0.15, -0.1) is 0 Å². The molecular formula is C25H21N3O3. The second-order valence-corrected chi connectivity index (χ2v) is 7.63. The monoisotopic (exact) mass is 411 g/mol. The summed E-state index contributed by atoms with van der Waals surface area (Å²) in [7, 11) is 0. The molecule has 1 atom stereocenters. The van der Waals surface area contributed by atoms with Crippen molar-refractivity contribution >= 4 is 17.7 Å². The molecule has 5 rings (SSSR count). The van der Waals surface area contributed by atoms with Gasteiger partial charge < -0.3 is 18.9 Å². The smallest absolute Gasteiger partial charge is 0.269 e. The molecule has 3 heterocycles. The van der Waals surface area contributed by atoms with Crippen molar-refractivity contribution in [3.63, 3.8) is 0 Å². The molecule has 0 saturated heterocycles. The molecule has 31 heavy (non-hydrogen) atoms. The number of fused-ring (bicyclic) bond motifs is 2. The summed E-state index contributed by atoms with van der Waals surface area (Å²) in [6, 6.07) is 19.6. The lowest BCUT2D eigenvalue weighted by molar-refractivity contribution is -0.114. The van der Waals surface area contributed by atoms with Crippen LogP contribution in [0.1, 0.15) is 29.8 Å². The largest absolute Gasteiger partial charge is 0.454 e. The zero-order valence-electron chi connectivity index (χ0n) is 17.1. The highest BCUT2D eigenvalue weighted by molar-refractivity contribution is 6.12. The Morgan fingerprint density at radius 3 is 2.84 bits per heavy atom. The second kappa shape index (κ2) is 7.69. The first-order chi connectivity index (χ1) is 15.2. The molecule has 2 aliphatic heterocycles. The van der Waals surface area contributed by atoms with Crippen LogP contribution in [0.4, 0.5) is 5.69 Å². The Bertz CT molecular complexity index is 1230. The molecule has 0 spiro atoms. The summed E-state index contributed by atoms with van der Waals surface area (Å²) < 4.78 is 12.9. The van der Waals surface area contributed by atoms with E-state index < -0.39 is 0 Å². The van der Waals surface area contributed by atoms with Gasteiger partial charge in [0.2, 0.25) is 6.79 Å². The zero-order valence-corrected chi connectivity index (χ0v) is 17.1. The molecule has 6 nitrogen and oxygen atoms in total. The van der Waals surface area contributed by atoms with Crippen molar-refractivity contribution in [1.82, 2.24) is 4.57 Å². The van der Waals surface area contributed by atoms with Gasteiger partial charge in [-0.2, -0.15) is 5.26 Å². The van der Waals surface area contributed by atoms with E-state index in [9.17, 15) is 10.1 Å². The number of benzene rings is 2. The maximum Gasteiger partial charge on any atom is 0.269 e. The van der Waals surface area contributed by atoms with Crippen LogP contribution in [-0.2, 0) is 11.2 Å². The SMILES string of the molecule is C[C@@H](c1ccc2c(c1)OCO2)n1cccc1/C=C(\C#N)C(=O)N1CCc2ccccc21. The average Bonchev–Trinajstić information content (AvgIpc) is 3.55. The predicted molar refractivity (Wildman–Crippen MR) is 117 cm³/mol. The summed E-state index contributed by atoms with van der Waals surface area (Å²) in [4.78, 5) is 14.8. The first-order valence-corrected chi connectivity index (χ1v) is 10.2. The molecule has 2 aromatic carbocycles. The fourth-order valence-electron chi connectivity index (χ4n) is 4.20. The Labute approximate surface area is 180 Å². The van der Waals surface area contributed by atoms with Gasteiger partial charge in [0.15, 0.2) is 11.5 Å². The number of hydrogen-bond acceptors (Lipinski definition) is 4. The average molecular weight is 411 g/mol. The lowest BCUT2D eigenvalue weighted by atomic mass is 10.1. The van der Waals surface area contributed by atoms with Crippen molar-refractivity contribution in [2.24, 2.45) is 0 Å². The van der Waals surface area contributed by atoms with Gasteiger partial charge in [0, 0.05) is 24.1 Å². The Morgan fingerprint density at radius 2 is 1.97 bits per heavy atom. The summed E-state index contributed by atoms with van der Waals surface area (Å²) in [5, 5.41) is 9.75. The quantitative estimate of drug-likeness (QED) is 0.474. The number of nitrogens with zero attached hydrogens (tertiary/aromatic N) is 3. The second-order valence-electron chi connectivity index (χ2n) is 7.63. The van der Waals surface area contributed by atoms with E-state index in [2.05, 4.69) is 13.0 Å². The predicted octanol–water partition coefficient (Wildman–Crippen LogP) is 4.32. The number of nitriles is 1. The Kier molecular flexibility index (Phi) is 4.72. The molecule has 0 saturated carbocycles. The van der Waals surface area contributed by atoms with Crippen LogP contribution in [0, 0.1) is 11.3 Å². The van der Waals surface area contributed by atoms with Crippen LogP contribution in [-0.4, -0.2) is 23.8 Å². The van der Waals surface area contributed by atoms with Crippen LogP contribution in [0.25, 0.3) is 6.08 Å². The van der Waals surface area contributed by atoms with Gasteiger partial charge in [0.05, 0.1) is 6.04 Å². The number of carbonyl (C=O) groups excluding carboxylic acids is 1. The van der Waals surface area contributed by atoms with E-state index in [1.807, 2.05) is 65.4 Å². The fraction of sp³-hybridized carbons (Fsp3) is 0.200. The number of carbonyl (C=O) groups is 1. The number of ether oxygens (including phenoxy) is 2. The van der Waals surface area contributed by atoms with Gasteiger partial charge >= 0.3 is 0 Å². The molecular weight excluding hydrogens is 390 g/mol. The molecule has 1 aromatic heterocycles. The first kappa shape index (κ1) is 19.0. The fourth-order valence-corrected chi connectivity index (χ4v) is 4.20. The van der Waals surface area contributed by atoms with E-state index >= 15 is 0 Å². The number of amides is 1. The molecule has 6 heteroatoms. The van der Waals surface area contributed by atoms with Gasteiger partial charge in [0.25, 0.3) is 5.91 Å². The Hall–Kier alpha value is -3.98. The lowest BCUT2D eigenvalue weighted by Gasteiger charge is -2.19. The van der Waals surface area contributed by atoms with Gasteiger partial charge in [-0.3, -0.25) is 4.79 Å². The normalized spacial score (nSPS) is 15.5. The summed E-state index contributed by atoms with van der Waals surface area (Å²) >= 11 is 0. The molecule has 0 N–H and O–H groups in total. The van der Waals surface area contributed by atoms with E-state index in [-0.39, 0.29) is 24.3 Å². The Balaban J connectivity index is 1.44. The van der Waals surface area contributed by atoms with Gasteiger partial charge in [-0.25, -0.2) is 0 Å². The molecule has 0 bridgehead atoms. The highest BCUT2D eigenvalue weighted by Gasteiger charge is 2.27. The Morgan fingerprint density at radius 1 is 1.13 bits per heavy atom. The highest BCUT2D eigenvalue weighted by Crippen LogP contribution is 2.35. The highest BCUT2D eigenvalue weighted by atomic mass is 16.7. The maximum atomic E-state index is 13.1. The first-order valence-electron chi connectivity index (χ1n) is 10.2. The molecule has 0 unspecified atom stereocenters. The summed E-state index contributed by atoms with van der Waals surface area (Å²) in [5.41, 5.74) is 3.98. The molecule has 1 amide bonds. The van der Waals surface area contributed by atoms with Crippen molar-refractivity contribution in [3.8, 4) is 17.6 Å². The van der Waals surface area contributed by atoms with Crippen LogP contribution in [0.5, 0.6) is 11.5 Å². The number of hydrogen-bond donors (Lipinski definition) is 0. The van der Waals surface area contributed by atoms with E-state index in [0.29, 0.717) is 6.54 Å². The van der Waals surface area contributed by atoms with Crippen molar-refractivity contribution in [2.45, 2.75) is 19.4 Å². The van der Waals surface area contributed by atoms with Crippen molar-refractivity contribution in [1.29, 1.82) is 5.26 Å². The molecule has 2 aliphatic rings. The van der Waals surface area contributed by atoms with Gasteiger partial charge in [-0.1, -0.05) is 24.3 Å². The third-order valence-corrected chi connectivity index (χ3v) is 5.88. The number of anilines is 1. The number of rotatable bonds is 4. The molecule has 0 radical (unpaired) electrons. The minimum Gasteiger partial charge on any atom is -0.454 e. The van der Waals surface area contributed by atoms with Crippen molar-refractivity contribution in [2.75, 3.05) is 18.2 Å². The number of para-hydroxylation sites is 1. The maximum absolute atomic E-state index is 13.1. The van der Waals surface area contributed by atoms with Crippen LogP contribution in [0.3, 0.4) is 0 Å². The molecule has 154 valence electrons. The number of aromatic nitrogens is 1. The summed E-state index contributed by atoms with van der Waals surface area (Å²) in [6.45, 7) is 2.89. The summed E-state index contributed by atoms with van der Waals surface area (Å²) in [5.74, 6) is 1.21. The van der Waals surface area contributed by atoms with E-state index in [1.165, 1.54) is 0 Å². The van der Waals surface area contributed by atoms with Gasteiger partial charge in [0.1, 0.15) is 11.6 Å². The zero-order chi connectivity index (χ0) is 21.4. The van der Waals surface area contributed by atoms with Gasteiger partial charge in [-0.05, 0) is 60.9 Å². The molecule has 3 aromatic rings. The van der Waals surface area contributed by atoms with Crippen LogP contribution in [0.2, 0.25) is 0 Å². The van der Waals surface area contributed by atoms with E-state index in [0.717, 1.165) is 40.4 Å². The van der Waals surface area contributed by atoms with E-state index in [4.69, 9.17) is 9.47 Å².